The number of hydrogen-bond acceptors (Lipinski definition) is 7. The van der Waals surface area contributed by atoms with Gasteiger partial charge in [0.1, 0.15) is 5.82 Å². The second kappa shape index (κ2) is 6.10. The molecule has 0 aliphatic heterocycles. The van der Waals surface area contributed by atoms with Crippen molar-refractivity contribution in [2.45, 2.75) is 12.6 Å². The van der Waals surface area contributed by atoms with Crippen LogP contribution < -0.4 is 16.3 Å². The first-order valence-electron chi connectivity index (χ1n) is 5.15. The van der Waals surface area contributed by atoms with E-state index in [9.17, 15) is 14.3 Å². The molecule has 1 aromatic heterocycles. The van der Waals surface area contributed by atoms with Crippen LogP contribution in [0.1, 0.15) is 0 Å². The van der Waals surface area contributed by atoms with Crippen LogP contribution in [-0.2, 0) is 15.8 Å². The van der Waals surface area contributed by atoms with Gasteiger partial charge < -0.3 is 25.0 Å². The zero-order valence-electron chi connectivity index (χ0n) is 9.85. The Morgan fingerprint density at radius 2 is 2.39 bits per heavy atom. The highest BCUT2D eigenvalue weighted by molar-refractivity contribution is 7.55. The molecule has 8 nitrogen and oxygen atoms in total. The second-order valence-electron chi connectivity index (χ2n) is 3.90. The van der Waals surface area contributed by atoms with Gasteiger partial charge in [0.15, 0.2) is 0 Å². The molecule has 3 N–H and O–H groups in total. The summed E-state index contributed by atoms with van der Waals surface area (Å²) in [5, 5.41) is 9.05. The third-order valence-corrected chi connectivity index (χ3v) is 2.66. The van der Waals surface area contributed by atoms with Crippen LogP contribution >= 0.6 is 7.37 Å². The molecule has 0 fully saturated rings. The van der Waals surface area contributed by atoms with E-state index in [0.29, 0.717) is 0 Å². The van der Waals surface area contributed by atoms with Crippen molar-refractivity contribution in [2.24, 2.45) is 0 Å². The molecule has 1 heterocycles. The standard InChI is InChI=1S/C9H16N3O5P/c1-18(15,16)6-17-7(5-13)4-12-3-2-8(10)11-9(12)14/h2-3,7,13H,4-6H2,1H3,(H,15,16)(H2,10,11,14)/p-1/t7-/m0/s1. The smallest absolute Gasteiger partial charge is 0.349 e. The van der Waals surface area contributed by atoms with E-state index in [-0.39, 0.29) is 12.4 Å². The maximum Gasteiger partial charge on any atom is 0.349 e. The lowest BCUT2D eigenvalue weighted by atomic mass is 10.3. The van der Waals surface area contributed by atoms with Gasteiger partial charge in [-0.05, 0) is 12.7 Å². The highest BCUT2D eigenvalue weighted by Crippen LogP contribution is 2.29. The minimum Gasteiger partial charge on any atom is -0.798 e. The molecule has 0 aliphatic carbocycles. The average molecular weight is 276 g/mol. The van der Waals surface area contributed by atoms with E-state index in [1.165, 1.54) is 16.8 Å². The van der Waals surface area contributed by atoms with Gasteiger partial charge in [-0.15, -0.1) is 0 Å². The van der Waals surface area contributed by atoms with Gasteiger partial charge in [0.25, 0.3) is 0 Å². The number of rotatable bonds is 6. The number of nitrogen functional groups attached to an aromatic ring is 1. The molecule has 1 unspecified atom stereocenters. The molecule has 0 bridgehead atoms. The Morgan fingerprint density at radius 1 is 1.72 bits per heavy atom. The molecule has 0 spiro atoms. The number of hydrogen-bond donors (Lipinski definition) is 2. The van der Waals surface area contributed by atoms with Crippen molar-refractivity contribution in [2.75, 3.05) is 25.4 Å². The highest BCUT2D eigenvalue weighted by atomic mass is 31.2. The number of anilines is 1. The highest BCUT2D eigenvalue weighted by Gasteiger charge is 2.12. The average Bonchev–Trinajstić information content (AvgIpc) is 2.25. The Bertz CT molecular complexity index is 497. The minimum absolute atomic E-state index is 0.00259. The number of ether oxygens (including phenoxy) is 1. The van der Waals surface area contributed by atoms with Crippen molar-refractivity contribution >= 4 is 13.2 Å². The SMILES string of the molecule is CP(=O)([O-])CO[C@H](CO)Cn1ccc(N)nc1=O. The zero-order valence-corrected chi connectivity index (χ0v) is 10.7. The molecular formula is C9H15N3O5P-. The van der Waals surface area contributed by atoms with Crippen LogP contribution in [0.25, 0.3) is 0 Å². The summed E-state index contributed by atoms with van der Waals surface area (Å²) in [7, 11) is -3.56. The van der Waals surface area contributed by atoms with E-state index in [1.807, 2.05) is 0 Å². The predicted octanol–water partition coefficient (Wildman–Crippen LogP) is -1.57. The maximum absolute atomic E-state index is 11.4. The van der Waals surface area contributed by atoms with Crippen LogP contribution in [0.15, 0.2) is 17.1 Å². The second-order valence-corrected chi connectivity index (χ2v) is 6.19. The van der Waals surface area contributed by atoms with Crippen LogP contribution in [0.3, 0.4) is 0 Å². The third-order valence-electron chi connectivity index (χ3n) is 2.04. The molecule has 9 heteroatoms. The van der Waals surface area contributed by atoms with Crippen molar-refractivity contribution in [3.8, 4) is 0 Å². The summed E-state index contributed by atoms with van der Waals surface area (Å²) in [5.74, 6) is 0.0929. The van der Waals surface area contributed by atoms with Gasteiger partial charge in [-0.3, -0.25) is 4.57 Å². The molecular weight excluding hydrogens is 261 g/mol. The largest absolute Gasteiger partial charge is 0.798 e. The molecule has 0 aliphatic rings. The molecule has 18 heavy (non-hydrogen) atoms. The molecule has 0 amide bonds. The minimum atomic E-state index is -3.56. The Hall–Kier alpha value is -1.21. The summed E-state index contributed by atoms with van der Waals surface area (Å²) in [6.45, 7) is 0.637. The Balaban J connectivity index is 2.68. The summed E-state index contributed by atoms with van der Waals surface area (Å²) >= 11 is 0. The van der Waals surface area contributed by atoms with Crippen molar-refractivity contribution in [3.63, 3.8) is 0 Å². The van der Waals surface area contributed by atoms with Crippen molar-refractivity contribution in [1.29, 1.82) is 0 Å². The summed E-state index contributed by atoms with van der Waals surface area (Å²) in [4.78, 5) is 25.9. The fourth-order valence-corrected chi connectivity index (χ4v) is 1.69. The van der Waals surface area contributed by atoms with E-state index in [0.717, 1.165) is 6.66 Å². The third kappa shape index (κ3) is 4.97. The summed E-state index contributed by atoms with van der Waals surface area (Å²) in [5.41, 5.74) is 4.74. The number of nitrogens with two attached hydrogens (primary N) is 1. The van der Waals surface area contributed by atoms with Crippen LogP contribution in [-0.4, -0.2) is 40.4 Å². The van der Waals surface area contributed by atoms with E-state index < -0.39 is 32.1 Å². The Labute approximate surface area is 103 Å². The molecule has 102 valence electrons. The molecule has 2 atom stereocenters. The monoisotopic (exact) mass is 276 g/mol. The molecule has 1 rings (SSSR count). The Kier molecular flexibility index (Phi) is 5.03. The van der Waals surface area contributed by atoms with Crippen molar-refractivity contribution < 1.29 is 19.3 Å². The normalized spacial score (nSPS) is 16.2. The van der Waals surface area contributed by atoms with E-state index >= 15 is 0 Å². The number of aliphatic hydroxyl groups is 1. The molecule has 0 saturated carbocycles. The van der Waals surface area contributed by atoms with Crippen molar-refractivity contribution in [1.82, 2.24) is 9.55 Å². The Morgan fingerprint density at radius 3 is 2.89 bits per heavy atom. The maximum atomic E-state index is 11.4. The first-order chi connectivity index (χ1) is 8.31. The zero-order chi connectivity index (χ0) is 13.8. The lowest BCUT2D eigenvalue weighted by Gasteiger charge is -2.22. The van der Waals surface area contributed by atoms with E-state index in [4.69, 9.17) is 15.6 Å². The predicted molar refractivity (Wildman–Crippen MR) is 63.3 cm³/mol. The fourth-order valence-electron chi connectivity index (χ4n) is 1.20. The van der Waals surface area contributed by atoms with Gasteiger partial charge in [0.05, 0.1) is 25.6 Å². The van der Waals surface area contributed by atoms with Gasteiger partial charge in [0.2, 0.25) is 0 Å². The van der Waals surface area contributed by atoms with Crippen LogP contribution in [0.4, 0.5) is 5.82 Å². The summed E-state index contributed by atoms with van der Waals surface area (Å²) in [6, 6.07) is 1.42. The van der Waals surface area contributed by atoms with Gasteiger partial charge in [-0.2, -0.15) is 4.98 Å². The molecule has 1 aromatic rings. The van der Waals surface area contributed by atoms with E-state index in [2.05, 4.69) is 4.98 Å². The quantitative estimate of drug-likeness (QED) is 0.600. The van der Waals surface area contributed by atoms with Gasteiger partial charge in [-0.1, -0.05) is 0 Å². The van der Waals surface area contributed by atoms with E-state index in [1.54, 1.807) is 0 Å². The molecule has 0 aromatic carbocycles. The topological polar surface area (TPSA) is 130 Å². The van der Waals surface area contributed by atoms with Crippen LogP contribution in [0.2, 0.25) is 0 Å². The first-order valence-corrected chi connectivity index (χ1v) is 7.40. The van der Waals surface area contributed by atoms with Crippen LogP contribution in [0.5, 0.6) is 0 Å². The molecule has 0 radical (unpaired) electrons. The number of aromatic nitrogens is 2. The fraction of sp³-hybridized carbons (Fsp3) is 0.556. The van der Waals surface area contributed by atoms with Crippen molar-refractivity contribution in [3.05, 3.63) is 22.7 Å². The first kappa shape index (κ1) is 14.8. The van der Waals surface area contributed by atoms with Gasteiger partial charge in [-0.25, -0.2) is 4.79 Å². The number of aliphatic hydroxyl groups excluding tert-OH is 1. The van der Waals surface area contributed by atoms with Gasteiger partial charge in [0, 0.05) is 13.6 Å². The lowest BCUT2D eigenvalue weighted by Crippen LogP contribution is -2.32. The molecule has 0 saturated heterocycles. The van der Waals surface area contributed by atoms with Crippen LogP contribution in [0, 0.1) is 0 Å². The summed E-state index contributed by atoms with van der Waals surface area (Å²) < 4.78 is 17.1. The lowest BCUT2D eigenvalue weighted by molar-refractivity contribution is -0.180. The summed E-state index contributed by atoms with van der Waals surface area (Å²) in [6.07, 6.45) is 0.116. The van der Waals surface area contributed by atoms with Gasteiger partial charge >= 0.3 is 5.69 Å². The number of nitrogens with zero attached hydrogens (tertiary/aromatic N) is 2.